The largest absolute Gasteiger partial charge is 0.339 e. The fraction of sp³-hybridized carbons (Fsp3) is 0.350. The topological polar surface area (TPSA) is 69.7 Å². The summed E-state index contributed by atoms with van der Waals surface area (Å²) < 4.78 is 41.1. The molecule has 2 aromatic rings. The van der Waals surface area contributed by atoms with Crippen molar-refractivity contribution < 1.29 is 17.6 Å². The first-order chi connectivity index (χ1) is 13.3. The number of carbonyl (C=O) groups is 1. The van der Waals surface area contributed by atoms with Crippen LogP contribution in [0, 0.1) is 12.7 Å². The maximum absolute atomic E-state index is 13.6. The molecule has 148 valence electrons. The van der Waals surface area contributed by atoms with Gasteiger partial charge in [0.05, 0.1) is 11.6 Å². The van der Waals surface area contributed by atoms with E-state index < -0.39 is 21.4 Å². The third-order valence-electron chi connectivity index (χ3n) is 5.72. The van der Waals surface area contributed by atoms with Crippen LogP contribution in [0.3, 0.4) is 0 Å². The maximum Gasteiger partial charge on any atom is 0.247 e. The molecule has 2 aliphatic heterocycles. The molecule has 0 aliphatic carbocycles. The van der Waals surface area contributed by atoms with E-state index in [-0.39, 0.29) is 23.9 Å². The van der Waals surface area contributed by atoms with Crippen LogP contribution in [-0.2, 0) is 14.8 Å². The number of anilines is 1. The van der Waals surface area contributed by atoms with Gasteiger partial charge in [0.25, 0.3) is 0 Å². The minimum Gasteiger partial charge on any atom is -0.339 e. The van der Waals surface area contributed by atoms with Gasteiger partial charge in [-0.05, 0) is 49.6 Å². The van der Waals surface area contributed by atoms with Gasteiger partial charge in [-0.15, -0.1) is 0 Å². The number of halogens is 1. The normalized spacial score (nSPS) is 19.8. The fourth-order valence-corrected chi connectivity index (χ4v) is 5.80. The van der Waals surface area contributed by atoms with Crippen LogP contribution < -0.4 is 10.2 Å². The van der Waals surface area contributed by atoms with Crippen LogP contribution in [0.15, 0.2) is 53.4 Å². The highest BCUT2D eigenvalue weighted by molar-refractivity contribution is 7.89. The Morgan fingerprint density at radius 3 is 2.43 bits per heavy atom. The van der Waals surface area contributed by atoms with E-state index in [1.807, 2.05) is 35.2 Å². The first-order valence-corrected chi connectivity index (χ1v) is 10.7. The fourth-order valence-electron chi connectivity index (χ4n) is 4.12. The van der Waals surface area contributed by atoms with Crippen molar-refractivity contribution in [3.8, 4) is 0 Å². The van der Waals surface area contributed by atoms with Gasteiger partial charge in [-0.3, -0.25) is 4.79 Å². The van der Waals surface area contributed by atoms with Crippen LogP contribution in [0.4, 0.5) is 10.1 Å². The van der Waals surface area contributed by atoms with E-state index in [1.54, 1.807) is 6.92 Å². The number of rotatable bonds is 3. The van der Waals surface area contributed by atoms with Crippen LogP contribution in [0.5, 0.6) is 0 Å². The minimum absolute atomic E-state index is 0.0146. The number of benzene rings is 2. The van der Waals surface area contributed by atoms with Gasteiger partial charge in [-0.1, -0.05) is 24.3 Å². The molecule has 4 rings (SSSR count). The molecular formula is C20H22FN3O3S. The van der Waals surface area contributed by atoms with Crippen LogP contribution >= 0.6 is 0 Å². The summed E-state index contributed by atoms with van der Waals surface area (Å²) in [5, 5.41) is 2.90. The Morgan fingerprint density at radius 2 is 1.75 bits per heavy atom. The molecule has 1 N–H and O–H groups in total. The van der Waals surface area contributed by atoms with Crippen LogP contribution in [0.2, 0.25) is 0 Å². The van der Waals surface area contributed by atoms with Crippen molar-refractivity contribution in [3.05, 3.63) is 59.9 Å². The first kappa shape index (κ1) is 18.9. The number of carbonyl (C=O) groups excluding carboxylic acids is 1. The monoisotopic (exact) mass is 403 g/mol. The van der Waals surface area contributed by atoms with Gasteiger partial charge < -0.3 is 10.2 Å². The van der Waals surface area contributed by atoms with Crippen LogP contribution in [-0.4, -0.2) is 43.9 Å². The molecule has 2 fully saturated rings. The van der Waals surface area contributed by atoms with Crippen molar-refractivity contribution >= 4 is 21.6 Å². The highest BCUT2D eigenvalue weighted by Crippen LogP contribution is 2.37. The minimum atomic E-state index is -3.82. The summed E-state index contributed by atoms with van der Waals surface area (Å²) in [5.41, 5.74) is 0.675. The molecule has 0 radical (unpaired) electrons. The zero-order chi connectivity index (χ0) is 19.9. The first-order valence-electron chi connectivity index (χ1n) is 9.22. The van der Waals surface area contributed by atoms with E-state index in [2.05, 4.69) is 5.32 Å². The average molecular weight is 403 g/mol. The summed E-state index contributed by atoms with van der Waals surface area (Å²) >= 11 is 0. The highest BCUT2D eigenvalue weighted by atomic mass is 32.2. The second kappa shape index (κ2) is 6.86. The SMILES string of the molecule is Cc1ccc(F)cc1S(=O)(=O)N1CCC2(CC1)C(=O)NCN2c1ccccc1. The Kier molecular flexibility index (Phi) is 4.63. The standard InChI is InChI=1S/C20H22FN3O3S/c1-15-7-8-16(21)13-18(15)28(26,27)23-11-9-20(10-12-23)19(25)22-14-24(20)17-5-3-2-4-6-17/h2-8,13H,9-12,14H2,1H3,(H,22,25). The van der Waals surface area contributed by atoms with Gasteiger partial charge in [0.15, 0.2) is 0 Å². The molecule has 0 aromatic heterocycles. The molecule has 0 atom stereocenters. The quantitative estimate of drug-likeness (QED) is 0.854. The van der Waals surface area contributed by atoms with E-state index in [0.717, 1.165) is 11.8 Å². The Bertz CT molecular complexity index is 1000. The third-order valence-corrected chi connectivity index (χ3v) is 7.76. The summed E-state index contributed by atoms with van der Waals surface area (Å²) in [7, 11) is -3.82. The predicted octanol–water partition coefficient (Wildman–Crippen LogP) is 2.25. The number of para-hydroxylation sites is 1. The lowest BCUT2D eigenvalue weighted by Crippen LogP contribution is -2.57. The molecular weight excluding hydrogens is 381 g/mol. The van der Waals surface area contributed by atoms with Gasteiger partial charge in [-0.25, -0.2) is 12.8 Å². The van der Waals surface area contributed by atoms with Gasteiger partial charge in [0.1, 0.15) is 11.4 Å². The molecule has 2 aliphatic rings. The molecule has 1 spiro atoms. The number of hydrogen-bond donors (Lipinski definition) is 1. The van der Waals surface area contributed by atoms with Crippen molar-refractivity contribution in [1.82, 2.24) is 9.62 Å². The van der Waals surface area contributed by atoms with Crippen molar-refractivity contribution in [1.29, 1.82) is 0 Å². The molecule has 6 nitrogen and oxygen atoms in total. The Hall–Kier alpha value is -2.45. The van der Waals surface area contributed by atoms with Crippen molar-refractivity contribution in [2.75, 3.05) is 24.7 Å². The predicted molar refractivity (Wildman–Crippen MR) is 104 cm³/mol. The van der Waals surface area contributed by atoms with Crippen molar-refractivity contribution in [3.63, 3.8) is 0 Å². The second-order valence-corrected chi connectivity index (χ2v) is 9.18. The molecule has 1 amide bonds. The van der Waals surface area contributed by atoms with Crippen LogP contribution in [0.1, 0.15) is 18.4 Å². The van der Waals surface area contributed by atoms with Gasteiger partial charge >= 0.3 is 0 Å². The lowest BCUT2D eigenvalue weighted by molar-refractivity contribution is -0.124. The molecule has 28 heavy (non-hydrogen) atoms. The zero-order valence-corrected chi connectivity index (χ0v) is 16.4. The van der Waals surface area contributed by atoms with E-state index in [1.165, 1.54) is 16.4 Å². The number of piperidine rings is 1. The number of sulfonamides is 1. The molecule has 0 saturated carbocycles. The molecule has 8 heteroatoms. The van der Waals surface area contributed by atoms with E-state index in [9.17, 15) is 17.6 Å². The van der Waals surface area contributed by atoms with Crippen molar-refractivity contribution in [2.45, 2.75) is 30.2 Å². The summed E-state index contributed by atoms with van der Waals surface area (Å²) in [6, 6.07) is 13.4. The van der Waals surface area contributed by atoms with Gasteiger partial charge in [-0.2, -0.15) is 4.31 Å². The number of hydrogen-bond acceptors (Lipinski definition) is 4. The average Bonchev–Trinajstić information content (AvgIpc) is 3.00. The van der Waals surface area contributed by atoms with Gasteiger partial charge in [0.2, 0.25) is 15.9 Å². The Balaban J connectivity index is 1.60. The summed E-state index contributed by atoms with van der Waals surface area (Å²) in [6.07, 6.45) is 0.753. The van der Waals surface area contributed by atoms with E-state index in [0.29, 0.717) is 25.1 Å². The number of amides is 1. The lowest BCUT2D eigenvalue weighted by atomic mass is 9.86. The van der Waals surface area contributed by atoms with Crippen molar-refractivity contribution in [2.24, 2.45) is 0 Å². The molecule has 2 saturated heterocycles. The van der Waals surface area contributed by atoms with Gasteiger partial charge in [0, 0.05) is 18.8 Å². The molecule has 0 unspecified atom stereocenters. The van der Waals surface area contributed by atoms with Crippen LogP contribution in [0.25, 0.3) is 0 Å². The number of nitrogens with zero attached hydrogens (tertiary/aromatic N) is 2. The Labute approximate surface area is 164 Å². The van der Waals surface area contributed by atoms with E-state index in [4.69, 9.17) is 0 Å². The molecule has 2 heterocycles. The smallest absolute Gasteiger partial charge is 0.247 e. The number of aryl methyl sites for hydroxylation is 1. The molecule has 2 aromatic carbocycles. The second-order valence-electron chi connectivity index (χ2n) is 7.27. The number of nitrogens with one attached hydrogen (secondary N) is 1. The third kappa shape index (κ3) is 2.97. The zero-order valence-electron chi connectivity index (χ0n) is 15.6. The summed E-state index contributed by atoms with van der Waals surface area (Å²) in [6.45, 7) is 2.46. The van der Waals surface area contributed by atoms with E-state index >= 15 is 0 Å². The molecule has 0 bridgehead atoms. The highest BCUT2D eigenvalue weighted by Gasteiger charge is 2.51. The lowest BCUT2D eigenvalue weighted by Gasteiger charge is -2.42. The summed E-state index contributed by atoms with van der Waals surface area (Å²) in [5.74, 6) is -0.654. The Morgan fingerprint density at radius 1 is 1.07 bits per heavy atom. The maximum atomic E-state index is 13.6. The summed E-state index contributed by atoms with van der Waals surface area (Å²) in [4.78, 5) is 14.7.